The van der Waals surface area contributed by atoms with Crippen LogP contribution in [0.25, 0.3) is 5.65 Å². The molecule has 1 fully saturated rings. The van der Waals surface area contributed by atoms with Gasteiger partial charge in [-0.2, -0.15) is 0 Å². The molecule has 2 aromatic heterocycles. The molecule has 3 rings (SSSR count). The quantitative estimate of drug-likeness (QED) is 0.774. The molecule has 0 unspecified atom stereocenters. The van der Waals surface area contributed by atoms with Gasteiger partial charge in [-0.25, -0.2) is 9.37 Å². The van der Waals surface area contributed by atoms with Gasteiger partial charge in [0.1, 0.15) is 11.6 Å². The van der Waals surface area contributed by atoms with E-state index in [1.165, 1.54) is 16.5 Å². The Kier molecular flexibility index (Phi) is 3.77. The third-order valence-corrected chi connectivity index (χ3v) is 3.98. The van der Waals surface area contributed by atoms with Crippen molar-refractivity contribution in [1.82, 2.24) is 9.38 Å². The summed E-state index contributed by atoms with van der Waals surface area (Å²) in [6.07, 6.45) is 2.89. The number of hydrogen-bond donors (Lipinski definition) is 0. The number of ether oxygens (including phenoxy) is 1. The van der Waals surface area contributed by atoms with Gasteiger partial charge in [-0.1, -0.05) is 6.08 Å². The van der Waals surface area contributed by atoms with Crippen LogP contribution in [0, 0.1) is 5.82 Å². The largest absolute Gasteiger partial charge is 0.377 e. The number of pyridine rings is 1. The number of morpholine rings is 1. The van der Waals surface area contributed by atoms with Crippen molar-refractivity contribution >= 4 is 27.4 Å². The Bertz CT molecular complexity index is 762. The predicted octanol–water partition coefficient (Wildman–Crippen LogP) is 1.99. The Morgan fingerprint density at radius 3 is 3.10 bits per heavy atom. The van der Waals surface area contributed by atoms with Gasteiger partial charge in [-0.3, -0.25) is 9.20 Å². The van der Waals surface area contributed by atoms with Gasteiger partial charge in [0.25, 0.3) is 5.56 Å². The molecule has 1 saturated heterocycles. The summed E-state index contributed by atoms with van der Waals surface area (Å²) in [5, 5.41) is 0. The molecule has 7 heteroatoms. The highest BCUT2D eigenvalue weighted by Crippen LogP contribution is 2.21. The van der Waals surface area contributed by atoms with E-state index < -0.39 is 5.82 Å². The number of aromatic nitrogens is 2. The minimum absolute atomic E-state index is 0.0349. The van der Waals surface area contributed by atoms with E-state index in [4.69, 9.17) is 4.74 Å². The van der Waals surface area contributed by atoms with E-state index in [2.05, 4.69) is 27.5 Å². The Morgan fingerprint density at radius 2 is 2.33 bits per heavy atom. The van der Waals surface area contributed by atoms with Crippen molar-refractivity contribution in [2.24, 2.45) is 0 Å². The second-order valence-corrected chi connectivity index (χ2v) is 5.58. The topological polar surface area (TPSA) is 46.8 Å². The van der Waals surface area contributed by atoms with Crippen LogP contribution in [0.1, 0.15) is 0 Å². The minimum Gasteiger partial charge on any atom is -0.377 e. The summed E-state index contributed by atoms with van der Waals surface area (Å²) in [7, 11) is 0. The van der Waals surface area contributed by atoms with Crippen molar-refractivity contribution in [3.63, 3.8) is 0 Å². The van der Waals surface area contributed by atoms with Gasteiger partial charge in [0.05, 0.1) is 23.7 Å². The van der Waals surface area contributed by atoms with Crippen molar-refractivity contribution in [2.75, 3.05) is 24.7 Å². The van der Waals surface area contributed by atoms with Gasteiger partial charge in [0.2, 0.25) is 0 Å². The van der Waals surface area contributed by atoms with E-state index in [1.54, 1.807) is 6.08 Å². The molecule has 0 radical (unpaired) electrons. The molecule has 0 spiro atoms. The van der Waals surface area contributed by atoms with Crippen LogP contribution in [0.15, 0.2) is 40.3 Å². The van der Waals surface area contributed by atoms with Gasteiger partial charge in [-0.05, 0) is 22.0 Å². The first-order chi connectivity index (χ1) is 10.1. The van der Waals surface area contributed by atoms with Gasteiger partial charge < -0.3 is 9.64 Å². The van der Waals surface area contributed by atoms with Crippen molar-refractivity contribution in [3.8, 4) is 0 Å². The van der Waals surface area contributed by atoms with Gasteiger partial charge in [0.15, 0.2) is 5.65 Å². The Balaban J connectivity index is 2.16. The van der Waals surface area contributed by atoms with E-state index in [0.29, 0.717) is 35.7 Å². The lowest BCUT2D eigenvalue weighted by molar-refractivity contribution is 0.105. The smallest absolute Gasteiger partial charge is 0.260 e. The molecule has 0 amide bonds. The van der Waals surface area contributed by atoms with E-state index in [0.717, 1.165) is 6.20 Å². The normalized spacial score (nSPS) is 19.0. The summed E-state index contributed by atoms with van der Waals surface area (Å²) >= 11 is 3.25. The minimum atomic E-state index is -0.499. The third-order valence-electron chi connectivity index (χ3n) is 3.40. The fourth-order valence-electron chi connectivity index (χ4n) is 2.37. The summed E-state index contributed by atoms with van der Waals surface area (Å²) in [4.78, 5) is 18.6. The summed E-state index contributed by atoms with van der Waals surface area (Å²) in [6.45, 7) is 5.48. The number of anilines is 1. The average Bonchev–Trinajstić information content (AvgIpc) is 2.48. The summed E-state index contributed by atoms with van der Waals surface area (Å²) in [5.74, 6) is 0.0434. The van der Waals surface area contributed by atoms with Crippen LogP contribution < -0.4 is 10.5 Å². The van der Waals surface area contributed by atoms with Crippen LogP contribution in [-0.2, 0) is 4.74 Å². The molecule has 0 bridgehead atoms. The van der Waals surface area contributed by atoms with E-state index in [1.807, 2.05) is 4.90 Å². The summed E-state index contributed by atoms with van der Waals surface area (Å²) < 4.78 is 20.4. The molecule has 1 aliphatic rings. The summed E-state index contributed by atoms with van der Waals surface area (Å²) in [6, 6.07) is 2.66. The van der Waals surface area contributed by atoms with Gasteiger partial charge in [0, 0.05) is 18.8 Å². The average molecular weight is 354 g/mol. The Morgan fingerprint density at radius 1 is 1.52 bits per heavy atom. The summed E-state index contributed by atoms with van der Waals surface area (Å²) in [5.41, 5.74) is 0.0534. The van der Waals surface area contributed by atoms with E-state index in [9.17, 15) is 9.18 Å². The zero-order chi connectivity index (χ0) is 15.0. The standard InChI is InChI=1S/C14H13BrFN3O2/c1-2-10-8-21-4-3-18(10)12-6-13(20)19-7-9(16)5-11(15)14(19)17-12/h2,5-7,10H,1,3-4,8H2/t10-/m1/s1. The maximum absolute atomic E-state index is 13.4. The lowest BCUT2D eigenvalue weighted by Crippen LogP contribution is -2.45. The monoisotopic (exact) mass is 353 g/mol. The number of halogens is 2. The van der Waals surface area contributed by atoms with Gasteiger partial charge >= 0.3 is 0 Å². The van der Waals surface area contributed by atoms with E-state index in [-0.39, 0.29) is 11.6 Å². The molecule has 0 saturated carbocycles. The SMILES string of the molecule is C=C[C@@H]1COCCN1c1cc(=O)n2cc(F)cc(Br)c2n1. The number of nitrogens with zero attached hydrogens (tertiary/aromatic N) is 3. The van der Waals surface area contributed by atoms with Crippen LogP contribution in [0.4, 0.5) is 10.2 Å². The Hall–Kier alpha value is -1.73. The predicted molar refractivity (Wildman–Crippen MR) is 81.3 cm³/mol. The molecule has 3 heterocycles. The highest BCUT2D eigenvalue weighted by molar-refractivity contribution is 9.10. The molecule has 0 aromatic carbocycles. The Labute approximate surface area is 128 Å². The molecule has 5 nitrogen and oxygen atoms in total. The number of fused-ring (bicyclic) bond motifs is 1. The van der Waals surface area contributed by atoms with Gasteiger partial charge in [-0.15, -0.1) is 6.58 Å². The van der Waals surface area contributed by atoms with Crippen LogP contribution >= 0.6 is 15.9 Å². The maximum atomic E-state index is 13.4. The zero-order valence-corrected chi connectivity index (χ0v) is 12.7. The first-order valence-electron chi connectivity index (χ1n) is 6.45. The van der Waals surface area contributed by atoms with E-state index >= 15 is 0 Å². The molecule has 0 aliphatic carbocycles. The maximum Gasteiger partial charge on any atom is 0.260 e. The first kappa shape index (κ1) is 14.2. The molecule has 110 valence electrons. The third kappa shape index (κ3) is 2.58. The highest BCUT2D eigenvalue weighted by atomic mass is 79.9. The lowest BCUT2D eigenvalue weighted by atomic mass is 10.2. The van der Waals surface area contributed by atoms with Crippen molar-refractivity contribution in [3.05, 3.63) is 51.6 Å². The second kappa shape index (κ2) is 5.57. The lowest BCUT2D eigenvalue weighted by Gasteiger charge is -2.34. The fourth-order valence-corrected chi connectivity index (χ4v) is 2.87. The molecule has 21 heavy (non-hydrogen) atoms. The van der Waals surface area contributed by atoms with Crippen LogP contribution in [0.5, 0.6) is 0 Å². The second-order valence-electron chi connectivity index (χ2n) is 4.72. The van der Waals surface area contributed by atoms with Crippen molar-refractivity contribution in [1.29, 1.82) is 0 Å². The first-order valence-corrected chi connectivity index (χ1v) is 7.25. The van der Waals surface area contributed by atoms with Crippen LogP contribution in [-0.4, -0.2) is 35.2 Å². The van der Waals surface area contributed by atoms with Crippen LogP contribution in [0.3, 0.4) is 0 Å². The molecule has 2 aromatic rings. The highest BCUT2D eigenvalue weighted by Gasteiger charge is 2.22. The van der Waals surface area contributed by atoms with Crippen LogP contribution in [0.2, 0.25) is 0 Å². The fraction of sp³-hybridized carbons (Fsp3) is 0.286. The number of hydrogen-bond acceptors (Lipinski definition) is 4. The molecule has 1 aliphatic heterocycles. The molecular weight excluding hydrogens is 341 g/mol. The molecule has 1 atom stereocenters. The van der Waals surface area contributed by atoms with Crippen molar-refractivity contribution in [2.45, 2.75) is 6.04 Å². The zero-order valence-electron chi connectivity index (χ0n) is 11.1. The van der Waals surface area contributed by atoms with Crippen molar-refractivity contribution < 1.29 is 9.13 Å². The molecular formula is C14H13BrFN3O2. The molecule has 0 N–H and O–H groups in total. The number of rotatable bonds is 2.